The summed E-state index contributed by atoms with van der Waals surface area (Å²) in [6.45, 7) is 12.1. The number of aryl methyl sites for hydroxylation is 2. The minimum atomic E-state index is 0.508. The first kappa shape index (κ1) is 15.4. The largest absolute Gasteiger partial charge is 0.357 e. The molecule has 2 heterocycles. The van der Waals surface area contributed by atoms with Crippen LogP contribution < -0.4 is 10.2 Å². The maximum Gasteiger partial charge on any atom is 0.131 e. The zero-order chi connectivity index (χ0) is 14.7. The van der Waals surface area contributed by atoms with Crippen LogP contribution in [0.15, 0.2) is 0 Å². The fourth-order valence-corrected chi connectivity index (χ4v) is 3.15. The first-order chi connectivity index (χ1) is 9.52. The van der Waals surface area contributed by atoms with E-state index in [2.05, 4.69) is 54.7 Å². The molecule has 114 valence electrons. The zero-order valence-corrected chi connectivity index (χ0v) is 13.7. The van der Waals surface area contributed by atoms with Gasteiger partial charge in [0.15, 0.2) is 0 Å². The van der Waals surface area contributed by atoms with Crippen LogP contribution >= 0.6 is 0 Å². The van der Waals surface area contributed by atoms with Gasteiger partial charge in [-0.25, -0.2) is 0 Å². The second kappa shape index (κ2) is 6.61. The van der Waals surface area contributed by atoms with Gasteiger partial charge in [-0.2, -0.15) is 5.10 Å². The summed E-state index contributed by atoms with van der Waals surface area (Å²) in [7, 11) is 2.08. The molecule has 0 bridgehead atoms. The lowest BCUT2D eigenvalue weighted by Gasteiger charge is -2.33. The van der Waals surface area contributed by atoms with Gasteiger partial charge in [0.1, 0.15) is 5.82 Å². The Balaban J connectivity index is 2.14. The second-order valence-corrected chi connectivity index (χ2v) is 6.39. The molecule has 1 aliphatic rings. The van der Waals surface area contributed by atoms with E-state index in [1.165, 1.54) is 43.7 Å². The summed E-state index contributed by atoms with van der Waals surface area (Å²) in [5, 5.41) is 8.17. The van der Waals surface area contributed by atoms with Gasteiger partial charge in [0, 0.05) is 38.3 Å². The van der Waals surface area contributed by atoms with Crippen LogP contribution in [0, 0.1) is 12.8 Å². The van der Waals surface area contributed by atoms with Gasteiger partial charge in [-0.15, -0.1) is 0 Å². The maximum atomic E-state index is 4.64. The minimum absolute atomic E-state index is 0.508. The molecule has 0 radical (unpaired) electrons. The summed E-state index contributed by atoms with van der Waals surface area (Å²) < 4.78 is 2.07. The number of hydrogen-bond acceptors (Lipinski definition) is 3. The predicted molar refractivity (Wildman–Crippen MR) is 85.1 cm³/mol. The van der Waals surface area contributed by atoms with Crippen molar-refractivity contribution in [1.29, 1.82) is 0 Å². The predicted octanol–water partition coefficient (Wildman–Crippen LogP) is 2.85. The molecule has 1 saturated heterocycles. The lowest BCUT2D eigenvalue weighted by molar-refractivity contribution is 0.391. The normalized spacial score (nSPS) is 17.2. The molecule has 0 unspecified atom stereocenters. The van der Waals surface area contributed by atoms with E-state index in [9.17, 15) is 0 Å². The summed E-state index contributed by atoms with van der Waals surface area (Å²) in [6, 6.07) is 0.508. The fourth-order valence-electron chi connectivity index (χ4n) is 3.15. The molecule has 1 aromatic heterocycles. The molecule has 0 aliphatic carbocycles. The minimum Gasteiger partial charge on any atom is -0.357 e. The third-order valence-corrected chi connectivity index (χ3v) is 4.49. The highest BCUT2D eigenvalue weighted by atomic mass is 15.4. The first-order valence-corrected chi connectivity index (χ1v) is 8.03. The fraction of sp³-hybridized carbons (Fsp3) is 0.812. The van der Waals surface area contributed by atoms with Gasteiger partial charge in [0.25, 0.3) is 0 Å². The zero-order valence-electron chi connectivity index (χ0n) is 13.7. The Hall–Kier alpha value is -1.03. The van der Waals surface area contributed by atoms with E-state index in [4.69, 9.17) is 0 Å². The number of nitrogens with one attached hydrogen (secondary N) is 1. The van der Waals surface area contributed by atoms with Gasteiger partial charge in [0.05, 0.1) is 5.69 Å². The van der Waals surface area contributed by atoms with E-state index >= 15 is 0 Å². The molecule has 4 nitrogen and oxygen atoms in total. The van der Waals surface area contributed by atoms with Crippen LogP contribution in [0.4, 0.5) is 5.82 Å². The molecule has 2 rings (SSSR count). The van der Waals surface area contributed by atoms with Gasteiger partial charge < -0.3 is 10.2 Å². The SMILES string of the molecule is CCC1CCN(c2c(CNC(C)C)c(C)nn2C)CC1. The van der Waals surface area contributed by atoms with Crippen molar-refractivity contribution in [1.82, 2.24) is 15.1 Å². The number of aromatic nitrogens is 2. The van der Waals surface area contributed by atoms with E-state index in [-0.39, 0.29) is 0 Å². The van der Waals surface area contributed by atoms with Crippen LogP contribution in [0.1, 0.15) is 51.3 Å². The number of rotatable bonds is 5. The number of nitrogens with zero attached hydrogens (tertiary/aromatic N) is 3. The van der Waals surface area contributed by atoms with E-state index in [0.717, 1.165) is 18.2 Å². The van der Waals surface area contributed by atoms with Crippen LogP contribution in [-0.2, 0) is 13.6 Å². The smallest absolute Gasteiger partial charge is 0.131 e. The maximum absolute atomic E-state index is 4.64. The van der Waals surface area contributed by atoms with Crippen LogP contribution in [0.3, 0.4) is 0 Å². The van der Waals surface area contributed by atoms with Crippen LogP contribution in [0.5, 0.6) is 0 Å². The molecule has 20 heavy (non-hydrogen) atoms. The monoisotopic (exact) mass is 278 g/mol. The number of hydrogen-bond donors (Lipinski definition) is 1. The van der Waals surface area contributed by atoms with Crippen molar-refractivity contribution in [2.75, 3.05) is 18.0 Å². The van der Waals surface area contributed by atoms with E-state index in [1.807, 2.05) is 0 Å². The van der Waals surface area contributed by atoms with Crippen molar-refractivity contribution < 1.29 is 0 Å². The van der Waals surface area contributed by atoms with Crippen molar-refractivity contribution in [3.05, 3.63) is 11.3 Å². The average Bonchev–Trinajstić information content (AvgIpc) is 2.70. The number of piperidine rings is 1. The summed E-state index contributed by atoms with van der Waals surface area (Å²) in [5.74, 6) is 2.24. The van der Waals surface area contributed by atoms with Gasteiger partial charge in [-0.05, 0) is 25.7 Å². The topological polar surface area (TPSA) is 33.1 Å². The second-order valence-electron chi connectivity index (χ2n) is 6.39. The molecule has 4 heteroatoms. The molecule has 0 aromatic carbocycles. The van der Waals surface area contributed by atoms with Gasteiger partial charge in [-0.3, -0.25) is 4.68 Å². The van der Waals surface area contributed by atoms with Crippen molar-refractivity contribution in [2.24, 2.45) is 13.0 Å². The highest BCUT2D eigenvalue weighted by Crippen LogP contribution is 2.29. The molecular formula is C16H30N4. The third kappa shape index (κ3) is 3.35. The Morgan fingerprint density at radius 3 is 2.50 bits per heavy atom. The van der Waals surface area contributed by atoms with E-state index < -0.39 is 0 Å². The van der Waals surface area contributed by atoms with Crippen LogP contribution in [-0.4, -0.2) is 28.9 Å². The lowest BCUT2D eigenvalue weighted by Crippen LogP contribution is -2.36. The average molecular weight is 278 g/mol. The Morgan fingerprint density at radius 1 is 1.30 bits per heavy atom. The quantitative estimate of drug-likeness (QED) is 0.899. The Labute approximate surface area is 123 Å². The molecule has 1 aromatic rings. The molecule has 0 saturated carbocycles. The van der Waals surface area contributed by atoms with Crippen LogP contribution in [0.2, 0.25) is 0 Å². The highest BCUT2D eigenvalue weighted by molar-refractivity contribution is 5.50. The Morgan fingerprint density at radius 2 is 1.95 bits per heavy atom. The molecule has 0 spiro atoms. The molecule has 0 atom stereocenters. The molecule has 1 N–H and O–H groups in total. The van der Waals surface area contributed by atoms with Gasteiger partial charge in [0.2, 0.25) is 0 Å². The third-order valence-electron chi connectivity index (χ3n) is 4.49. The van der Waals surface area contributed by atoms with Crippen molar-refractivity contribution in [3.63, 3.8) is 0 Å². The molecule has 0 amide bonds. The summed E-state index contributed by atoms with van der Waals surface area (Å²) in [5.41, 5.74) is 2.53. The van der Waals surface area contributed by atoms with E-state index in [1.54, 1.807) is 0 Å². The lowest BCUT2D eigenvalue weighted by atomic mass is 9.94. The molecule has 1 aliphatic heterocycles. The number of anilines is 1. The summed E-state index contributed by atoms with van der Waals surface area (Å²) in [6.07, 6.45) is 3.95. The Bertz CT molecular complexity index is 428. The van der Waals surface area contributed by atoms with E-state index in [0.29, 0.717) is 6.04 Å². The van der Waals surface area contributed by atoms with Crippen LogP contribution in [0.25, 0.3) is 0 Å². The van der Waals surface area contributed by atoms with Gasteiger partial charge >= 0.3 is 0 Å². The Kier molecular flexibility index (Phi) is 5.08. The first-order valence-electron chi connectivity index (χ1n) is 8.03. The van der Waals surface area contributed by atoms with Crippen molar-refractivity contribution in [3.8, 4) is 0 Å². The van der Waals surface area contributed by atoms with Gasteiger partial charge in [-0.1, -0.05) is 27.2 Å². The molecular weight excluding hydrogens is 248 g/mol. The molecule has 1 fully saturated rings. The standard InChI is InChI=1S/C16H30N4/c1-6-14-7-9-20(10-8-14)16-15(11-17-12(2)3)13(4)18-19(16)5/h12,14,17H,6-11H2,1-5H3. The highest BCUT2D eigenvalue weighted by Gasteiger charge is 2.24. The van der Waals surface area contributed by atoms with Crippen molar-refractivity contribution >= 4 is 5.82 Å². The van der Waals surface area contributed by atoms with Crippen molar-refractivity contribution in [2.45, 2.75) is 59.5 Å². The summed E-state index contributed by atoms with van der Waals surface area (Å²) in [4.78, 5) is 2.53. The summed E-state index contributed by atoms with van der Waals surface area (Å²) >= 11 is 0.